The van der Waals surface area contributed by atoms with E-state index in [2.05, 4.69) is 46.8 Å². The Labute approximate surface area is 165 Å². The van der Waals surface area contributed by atoms with Crippen LogP contribution >= 0.6 is 0 Å². The number of hydrogen-bond donors (Lipinski definition) is 0. The Morgan fingerprint density at radius 1 is 0.885 bits per heavy atom. The second-order valence-corrected chi connectivity index (χ2v) is 9.04. The fraction of sp³-hybridized carbons (Fsp3) is 0.769. The Hall–Kier alpha value is -0.780. The van der Waals surface area contributed by atoms with Crippen LogP contribution in [0, 0.1) is 31.1 Å². The topological polar surface area (TPSA) is 0 Å². The minimum Gasteiger partial charge on any atom is -0.0683 e. The van der Waals surface area contributed by atoms with Crippen molar-refractivity contribution in [2.24, 2.45) is 17.3 Å². The van der Waals surface area contributed by atoms with Crippen LogP contribution in [0.25, 0.3) is 0 Å². The molecule has 0 radical (unpaired) electrons. The zero-order valence-corrected chi connectivity index (χ0v) is 19.3. The van der Waals surface area contributed by atoms with Crippen LogP contribution in [0.2, 0.25) is 0 Å². The van der Waals surface area contributed by atoms with Crippen molar-refractivity contribution < 1.29 is 0 Å². The molecule has 0 aromatic heterocycles. The molecule has 26 heavy (non-hydrogen) atoms. The zero-order chi connectivity index (χ0) is 19.9. The Kier molecular flexibility index (Phi) is 9.42. The smallest absolute Gasteiger partial charge is 0.0128 e. The van der Waals surface area contributed by atoms with E-state index in [1.54, 1.807) is 11.1 Å². The molecular weight excluding hydrogens is 312 g/mol. The molecule has 0 aliphatic heterocycles. The second kappa shape index (κ2) is 10.5. The summed E-state index contributed by atoms with van der Waals surface area (Å²) in [5.41, 5.74) is 6.90. The Morgan fingerprint density at radius 2 is 1.50 bits per heavy atom. The van der Waals surface area contributed by atoms with Crippen LogP contribution in [0.4, 0.5) is 0 Å². The second-order valence-electron chi connectivity index (χ2n) is 9.04. The lowest BCUT2D eigenvalue weighted by molar-refractivity contribution is 0.190. The molecule has 0 heteroatoms. The average molecular weight is 359 g/mol. The van der Waals surface area contributed by atoms with Crippen LogP contribution in [0.1, 0.15) is 115 Å². The van der Waals surface area contributed by atoms with Crippen molar-refractivity contribution in [3.8, 4) is 0 Å². The zero-order valence-electron chi connectivity index (χ0n) is 19.3. The van der Waals surface area contributed by atoms with Crippen molar-refractivity contribution >= 4 is 0 Å². The van der Waals surface area contributed by atoms with Gasteiger partial charge in [-0.25, -0.2) is 0 Å². The minimum absolute atomic E-state index is 0.535. The van der Waals surface area contributed by atoms with Gasteiger partial charge in [-0.1, -0.05) is 73.4 Å². The van der Waals surface area contributed by atoms with Crippen molar-refractivity contribution in [3.05, 3.63) is 34.4 Å². The van der Waals surface area contributed by atoms with E-state index < -0.39 is 0 Å². The van der Waals surface area contributed by atoms with E-state index >= 15 is 0 Å². The van der Waals surface area contributed by atoms with Crippen molar-refractivity contribution in [3.63, 3.8) is 0 Å². The van der Waals surface area contributed by atoms with E-state index in [-0.39, 0.29) is 0 Å². The fourth-order valence-corrected chi connectivity index (χ4v) is 5.17. The number of rotatable bonds is 0. The predicted molar refractivity (Wildman–Crippen MR) is 119 cm³/mol. The van der Waals surface area contributed by atoms with Gasteiger partial charge >= 0.3 is 0 Å². The van der Waals surface area contributed by atoms with Gasteiger partial charge in [-0.3, -0.25) is 0 Å². The van der Waals surface area contributed by atoms with Gasteiger partial charge in [0.2, 0.25) is 0 Å². The Morgan fingerprint density at radius 3 is 2.15 bits per heavy atom. The molecular formula is C26H46. The maximum atomic E-state index is 2.55. The molecule has 1 saturated carbocycles. The predicted octanol–water partition coefficient (Wildman–Crippen LogP) is 8.63. The monoisotopic (exact) mass is 358 g/mol. The minimum atomic E-state index is 0.535. The standard InChI is InChI=1S/C22H34.2C2H6/c1-15-8-6-9-18-12-16(2)17(3)13-20(18)19-10-7-11-22(4,5)14-21(15)19;2*1-2/h12-13,15,19,21H,6-11,14H2,1-5H3;2*1-2H3. The van der Waals surface area contributed by atoms with Crippen LogP contribution in [0.5, 0.6) is 0 Å². The van der Waals surface area contributed by atoms with Gasteiger partial charge in [0.25, 0.3) is 0 Å². The maximum absolute atomic E-state index is 2.55. The van der Waals surface area contributed by atoms with Gasteiger partial charge < -0.3 is 0 Å². The average Bonchev–Trinajstić information content (AvgIpc) is 2.78. The summed E-state index contributed by atoms with van der Waals surface area (Å²) in [6, 6.07) is 5.06. The normalized spacial score (nSPS) is 27.0. The molecule has 0 heterocycles. The third-order valence-electron chi connectivity index (χ3n) is 6.67. The molecule has 0 spiro atoms. The molecule has 1 aromatic rings. The lowest BCUT2D eigenvalue weighted by atomic mass is 9.67. The van der Waals surface area contributed by atoms with Crippen LogP contribution in [-0.2, 0) is 6.42 Å². The Bertz CT molecular complexity index is 537. The first-order valence-electron chi connectivity index (χ1n) is 11.5. The summed E-state index contributed by atoms with van der Waals surface area (Å²) in [6.45, 7) is 20.1. The molecule has 150 valence electrons. The first-order chi connectivity index (χ1) is 12.4. The molecule has 1 fully saturated rings. The maximum Gasteiger partial charge on any atom is -0.0128 e. The van der Waals surface area contributed by atoms with Gasteiger partial charge in [0.05, 0.1) is 0 Å². The molecule has 3 atom stereocenters. The lowest BCUT2D eigenvalue weighted by Gasteiger charge is -2.37. The lowest BCUT2D eigenvalue weighted by Crippen LogP contribution is -2.26. The number of aryl methyl sites for hydroxylation is 3. The van der Waals surface area contributed by atoms with Gasteiger partial charge in [-0.2, -0.15) is 0 Å². The highest BCUT2D eigenvalue weighted by molar-refractivity contribution is 5.40. The first kappa shape index (κ1) is 23.3. The molecule has 3 unspecified atom stereocenters. The first-order valence-corrected chi connectivity index (χ1v) is 11.5. The molecule has 1 aromatic carbocycles. The van der Waals surface area contributed by atoms with E-state index in [4.69, 9.17) is 0 Å². The molecule has 2 aliphatic rings. The summed E-state index contributed by atoms with van der Waals surface area (Å²) in [4.78, 5) is 0. The molecule has 0 nitrogen and oxygen atoms in total. The van der Waals surface area contributed by atoms with Crippen molar-refractivity contribution in [1.82, 2.24) is 0 Å². The van der Waals surface area contributed by atoms with E-state index in [0.717, 1.165) is 17.8 Å². The van der Waals surface area contributed by atoms with Crippen LogP contribution in [0.3, 0.4) is 0 Å². The SMILES string of the molecule is CC.CC.Cc1cc2c(cc1C)C1CCCC(C)(C)CC1C(C)CCC2. The van der Waals surface area contributed by atoms with Crippen molar-refractivity contribution in [1.29, 1.82) is 0 Å². The summed E-state index contributed by atoms with van der Waals surface area (Å²) in [7, 11) is 0. The van der Waals surface area contributed by atoms with Crippen LogP contribution in [0.15, 0.2) is 12.1 Å². The summed E-state index contributed by atoms with van der Waals surface area (Å²) < 4.78 is 0. The van der Waals surface area contributed by atoms with E-state index in [1.165, 1.54) is 56.1 Å². The molecule has 0 saturated heterocycles. The van der Waals surface area contributed by atoms with E-state index in [1.807, 2.05) is 27.7 Å². The number of hydrogen-bond acceptors (Lipinski definition) is 0. The van der Waals surface area contributed by atoms with Gasteiger partial charge in [0.15, 0.2) is 0 Å². The molecule has 3 rings (SSSR count). The summed E-state index contributed by atoms with van der Waals surface area (Å²) in [5, 5.41) is 0. The number of fused-ring (bicyclic) bond motifs is 3. The summed E-state index contributed by atoms with van der Waals surface area (Å²) in [6.07, 6.45) is 9.75. The molecule has 0 N–H and O–H groups in total. The summed E-state index contributed by atoms with van der Waals surface area (Å²) in [5.74, 6) is 2.59. The van der Waals surface area contributed by atoms with Gasteiger partial charge in [-0.15, -0.1) is 0 Å². The highest BCUT2D eigenvalue weighted by Crippen LogP contribution is 2.49. The van der Waals surface area contributed by atoms with Crippen molar-refractivity contribution in [2.75, 3.05) is 0 Å². The van der Waals surface area contributed by atoms with Gasteiger partial charge in [0, 0.05) is 0 Å². The number of benzene rings is 1. The van der Waals surface area contributed by atoms with E-state index in [9.17, 15) is 0 Å². The van der Waals surface area contributed by atoms with E-state index in [0.29, 0.717) is 5.41 Å². The summed E-state index contributed by atoms with van der Waals surface area (Å²) >= 11 is 0. The highest BCUT2D eigenvalue weighted by Gasteiger charge is 2.37. The third kappa shape index (κ3) is 5.61. The van der Waals surface area contributed by atoms with Crippen LogP contribution < -0.4 is 0 Å². The highest BCUT2D eigenvalue weighted by atomic mass is 14.4. The third-order valence-corrected chi connectivity index (χ3v) is 6.67. The van der Waals surface area contributed by atoms with Gasteiger partial charge in [0.1, 0.15) is 0 Å². The quantitative estimate of drug-likeness (QED) is 0.435. The Balaban J connectivity index is 0.000000791. The van der Waals surface area contributed by atoms with Gasteiger partial charge in [-0.05, 0) is 91.4 Å². The van der Waals surface area contributed by atoms with Crippen LogP contribution in [-0.4, -0.2) is 0 Å². The largest absolute Gasteiger partial charge is 0.0683 e. The molecule has 0 bridgehead atoms. The van der Waals surface area contributed by atoms with Crippen molar-refractivity contribution in [2.45, 2.75) is 113 Å². The fourth-order valence-electron chi connectivity index (χ4n) is 5.17. The molecule has 2 aliphatic carbocycles. The molecule has 0 amide bonds.